The lowest BCUT2D eigenvalue weighted by Gasteiger charge is -2.40. The lowest BCUT2D eigenvalue weighted by molar-refractivity contribution is -0.418. The molecule has 9 heteroatoms. The first-order valence-electron chi connectivity index (χ1n) is 8.20. The number of hydrogen-bond acceptors (Lipinski definition) is 2. The molecule has 0 aromatic heterocycles. The predicted octanol–water partition coefficient (Wildman–Crippen LogP) is 6.32. The number of hydrogen-bond donors (Lipinski definition) is 0. The third-order valence-electron chi connectivity index (χ3n) is 4.33. The van der Waals surface area contributed by atoms with Gasteiger partial charge in [0.05, 0.1) is 6.10 Å². The Balaban J connectivity index is 2.37. The minimum Gasteiger partial charge on any atom is -0.350 e. The van der Waals surface area contributed by atoms with Crippen LogP contribution in [0, 0.1) is 3.57 Å². The Morgan fingerprint density at radius 1 is 0.923 bits per heavy atom. The van der Waals surface area contributed by atoms with E-state index >= 15 is 0 Å². The molecule has 1 aliphatic carbocycles. The standard InChI is InChI=1S/C17H19F6IO2/c1-11(25-14-5-3-2-4-6-14)26-15(16(18,19)20,17(21,22)23)12-7-9-13(24)10-8-12/h7-11,14H,2-6H2,1H3. The SMILES string of the molecule is CC(OC1CCCCC1)OC(c1ccc(I)cc1)(C(F)(F)F)C(F)(F)F. The van der Waals surface area contributed by atoms with E-state index in [1.807, 2.05) is 0 Å². The number of ether oxygens (including phenoxy) is 2. The highest BCUT2D eigenvalue weighted by Crippen LogP contribution is 2.53. The number of benzene rings is 1. The Morgan fingerprint density at radius 3 is 1.88 bits per heavy atom. The summed E-state index contributed by atoms with van der Waals surface area (Å²) in [6.45, 7) is 1.08. The third-order valence-corrected chi connectivity index (χ3v) is 5.05. The van der Waals surface area contributed by atoms with Crippen LogP contribution in [0.4, 0.5) is 26.3 Å². The fourth-order valence-corrected chi connectivity index (χ4v) is 3.48. The summed E-state index contributed by atoms with van der Waals surface area (Å²) in [4.78, 5) is 0. The van der Waals surface area contributed by atoms with Crippen molar-refractivity contribution in [3.8, 4) is 0 Å². The molecule has 0 amide bonds. The molecule has 26 heavy (non-hydrogen) atoms. The van der Waals surface area contributed by atoms with E-state index in [2.05, 4.69) is 4.74 Å². The van der Waals surface area contributed by atoms with Crippen molar-refractivity contribution in [2.24, 2.45) is 0 Å². The summed E-state index contributed by atoms with van der Waals surface area (Å²) < 4.78 is 92.7. The van der Waals surface area contributed by atoms with Gasteiger partial charge in [0.15, 0.2) is 6.29 Å². The van der Waals surface area contributed by atoms with Crippen molar-refractivity contribution in [1.82, 2.24) is 0 Å². The van der Waals surface area contributed by atoms with Crippen LogP contribution in [0.5, 0.6) is 0 Å². The first-order valence-corrected chi connectivity index (χ1v) is 9.28. The summed E-state index contributed by atoms with van der Waals surface area (Å²) in [5.74, 6) is 0. The van der Waals surface area contributed by atoms with Crippen molar-refractivity contribution >= 4 is 22.6 Å². The lowest BCUT2D eigenvalue weighted by Crippen LogP contribution is -2.57. The molecule has 0 N–H and O–H groups in total. The van der Waals surface area contributed by atoms with Crippen molar-refractivity contribution in [3.63, 3.8) is 0 Å². The largest absolute Gasteiger partial charge is 0.430 e. The Hall–Kier alpha value is -0.550. The maximum Gasteiger partial charge on any atom is 0.430 e. The van der Waals surface area contributed by atoms with Gasteiger partial charge in [0.1, 0.15) is 0 Å². The molecule has 0 radical (unpaired) electrons. The van der Waals surface area contributed by atoms with Gasteiger partial charge in [-0.3, -0.25) is 0 Å². The minimum absolute atomic E-state index is 0.394. The average Bonchev–Trinajstić information content (AvgIpc) is 2.52. The molecule has 0 saturated heterocycles. The van der Waals surface area contributed by atoms with Crippen molar-refractivity contribution in [2.75, 3.05) is 0 Å². The van der Waals surface area contributed by atoms with Gasteiger partial charge in [0.25, 0.3) is 5.60 Å². The molecule has 1 aromatic rings. The third kappa shape index (κ3) is 4.64. The Kier molecular flexibility index (Phi) is 6.87. The van der Waals surface area contributed by atoms with E-state index in [4.69, 9.17) is 4.74 Å². The maximum atomic E-state index is 13.7. The van der Waals surface area contributed by atoms with Gasteiger partial charge >= 0.3 is 12.4 Å². The van der Waals surface area contributed by atoms with Crippen LogP contribution in [-0.4, -0.2) is 24.7 Å². The van der Waals surface area contributed by atoms with Crippen LogP contribution in [0.3, 0.4) is 0 Å². The molecule has 0 aliphatic heterocycles. The zero-order valence-electron chi connectivity index (χ0n) is 14.0. The van der Waals surface area contributed by atoms with Gasteiger partial charge in [-0.15, -0.1) is 0 Å². The summed E-state index contributed by atoms with van der Waals surface area (Å²) in [7, 11) is 0. The van der Waals surface area contributed by atoms with E-state index < -0.39 is 35.9 Å². The highest BCUT2D eigenvalue weighted by molar-refractivity contribution is 14.1. The monoisotopic (exact) mass is 496 g/mol. The summed E-state index contributed by atoms with van der Waals surface area (Å²) >= 11 is 1.80. The number of rotatable bonds is 5. The smallest absolute Gasteiger partial charge is 0.350 e. The Labute approximate surface area is 161 Å². The summed E-state index contributed by atoms with van der Waals surface area (Å²) in [5.41, 5.74) is -5.46. The first kappa shape index (κ1) is 21.7. The molecule has 2 nitrogen and oxygen atoms in total. The van der Waals surface area contributed by atoms with Crippen LogP contribution in [-0.2, 0) is 15.1 Å². The van der Waals surface area contributed by atoms with Gasteiger partial charge in [-0.1, -0.05) is 31.4 Å². The molecule has 0 spiro atoms. The van der Waals surface area contributed by atoms with Crippen LogP contribution in [0.2, 0.25) is 0 Å². The normalized spacial score (nSPS) is 18.8. The van der Waals surface area contributed by atoms with Crippen LogP contribution < -0.4 is 0 Å². The molecule has 1 atom stereocenters. The zero-order chi connectivity index (χ0) is 19.6. The highest BCUT2D eigenvalue weighted by atomic mass is 127. The van der Waals surface area contributed by atoms with Crippen molar-refractivity contribution in [2.45, 2.75) is 69.4 Å². The fraction of sp³-hybridized carbons (Fsp3) is 0.647. The van der Waals surface area contributed by atoms with Gasteiger partial charge < -0.3 is 9.47 Å². The van der Waals surface area contributed by atoms with Crippen LogP contribution >= 0.6 is 22.6 Å². The summed E-state index contributed by atoms with van der Waals surface area (Å²) in [6, 6.07) is 3.93. The molecule has 2 rings (SSSR count). The van der Waals surface area contributed by atoms with Crippen molar-refractivity contribution in [1.29, 1.82) is 0 Å². The Morgan fingerprint density at radius 2 is 1.42 bits per heavy atom. The first-order chi connectivity index (χ1) is 12.0. The van der Waals surface area contributed by atoms with Crippen LogP contribution in [0.15, 0.2) is 24.3 Å². The van der Waals surface area contributed by atoms with Gasteiger partial charge in [0.2, 0.25) is 0 Å². The summed E-state index contributed by atoms with van der Waals surface area (Å²) in [6.07, 6.45) is -9.63. The quantitative estimate of drug-likeness (QED) is 0.270. The molecular formula is C17H19F6IO2. The van der Waals surface area contributed by atoms with Gasteiger partial charge in [-0.05, 0) is 54.5 Å². The fourth-order valence-electron chi connectivity index (χ4n) is 3.12. The van der Waals surface area contributed by atoms with E-state index in [9.17, 15) is 26.3 Å². The topological polar surface area (TPSA) is 18.5 Å². The van der Waals surface area contributed by atoms with Crippen LogP contribution in [0.25, 0.3) is 0 Å². The zero-order valence-corrected chi connectivity index (χ0v) is 16.1. The molecule has 1 aliphatic rings. The van der Waals surface area contributed by atoms with E-state index in [0.717, 1.165) is 38.3 Å². The van der Waals surface area contributed by atoms with Crippen molar-refractivity contribution in [3.05, 3.63) is 33.4 Å². The molecule has 0 heterocycles. The molecule has 1 saturated carbocycles. The highest BCUT2D eigenvalue weighted by Gasteiger charge is 2.74. The second kappa shape index (κ2) is 8.22. The molecular weight excluding hydrogens is 477 g/mol. The maximum absolute atomic E-state index is 13.7. The Bertz CT molecular complexity index is 564. The molecule has 0 bridgehead atoms. The summed E-state index contributed by atoms with van der Waals surface area (Å²) in [5, 5.41) is 0. The second-order valence-corrected chi connectivity index (χ2v) is 7.51. The second-order valence-electron chi connectivity index (χ2n) is 6.27. The van der Waals surface area contributed by atoms with E-state index in [1.54, 1.807) is 22.6 Å². The molecule has 1 aromatic carbocycles. The lowest BCUT2D eigenvalue weighted by atomic mass is 9.92. The van der Waals surface area contributed by atoms with Gasteiger partial charge in [-0.2, -0.15) is 26.3 Å². The predicted molar refractivity (Wildman–Crippen MR) is 91.5 cm³/mol. The minimum atomic E-state index is -5.71. The van der Waals surface area contributed by atoms with Crippen molar-refractivity contribution < 1.29 is 35.8 Å². The average molecular weight is 496 g/mol. The van der Waals surface area contributed by atoms with Gasteiger partial charge in [-0.25, -0.2) is 0 Å². The molecule has 148 valence electrons. The van der Waals surface area contributed by atoms with E-state index in [1.165, 1.54) is 12.1 Å². The number of halogens is 7. The molecule has 1 unspecified atom stereocenters. The van der Waals surface area contributed by atoms with E-state index in [0.29, 0.717) is 16.4 Å². The van der Waals surface area contributed by atoms with Gasteiger partial charge in [0, 0.05) is 9.13 Å². The number of alkyl halides is 6. The van der Waals surface area contributed by atoms with E-state index in [-0.39, 0.29) is 0 Å². The van der Waals surface area contributed by atoms with Crippen LogP contribution in [0.1, 0.15) is 44.6 Å². The molecule has 1 fully saturated rings.